The number of amides is 1. The fourth-order valence-electron chi connectivity index (χ4n) is 2.29. The van der Waals surface area contributed by atoms with E-state index in [-0.39, 0.29) is 23.7 Å². The van der Waals surface area contributed by atoms with E-state index in [1.807, 2.05) is 0 Å². The molecule has 0 unspecified atom stereocenters. The van der Waals surface area contributed by atoms with Crippen molar-refractivity contribution in [2.45, 2.75) is 6.42 Å². The van der Waals surface area contributed by atoms with Gasteiger partial charge in [-0.2, -0.15) is 0 Å². The highest BCUT2D eigenvalue weighted by Crippen LogP contribution is 2.36. The molecule has 0 atom stereocenters. The van der Waals surface area contributed by atoms with Gasteiger partial charge in [-0.3, -0.25) is 14.9 Å². The molecule has 25 heavy (non-hydrogen) atoms. The van der Waals surface area contributed by atoms with Gasteiger partial charge in [0, 0.05) is 22.5 Å². The van der Waals surface area contributed by atoms with Crippen molar-refractivity contribution in [2.75, 3.05) is 0 Å². The topological polar surface area (TPSA) is 121 Å². The average molecular weight is 359 g/mol. The third-order valence-electron chi connectivity index (χ3n) is 3.48. The first kappa shape index (κ1) is 16.6. The number of non-ortho nitro benzene ring substituents is 1. The number of carbonyl (C=O) groups excluding carboxylic acids is 1. The summed E-state index contributed by atoms with van der Waals surface area (Å²) >= 11 is 5.92. The fourth-order valence-corrected chi connectivity index (χ4v) is 2.46. The Morgan fingerprint density at radius 3 is 2.64 bits per heavy atom. The van der Waals surface area contributed by atoms with Crippen LogP contribution in [0.15, 0.2) is 52.7 Å². The van der Waals surface area contributed by atoms with Crippen molar-refractivity contribution in [3.05, 3.63) is 63.2 Å². The van der Waals surface area contributed by atoms with Crippen LogP contribution in [0, 0.1) is 10.1 Å². The van der Waals surface area contributed by atoms with Gasteiger partial charge in [-0.25, -0.2) is 0 Å². The molecule has 2 N–H and O–H groups in total. The molecule has 0 saturated heterocycles. The number of carbonyl (C=O) groups is 1. The molecule has 126 valence electrons. The lowest BCUT2D eigenvalue weighted by Crippen LogP contribution is -1.98. The van der Waals surface area contributed by atoms with E-state index in [9.17, 15) is 20.0 Å². The first-order valence-electron chi connectivity index (χ1n) is 7.12. The van der Waals surface area contributed by atoms with Crippen LogP contribution in [0.4, 0.5) is 11.4 Å². The normalized spacial score (nSPS) is 11.2. The maximum absolute atomic E-state index is 11.9. The van der Waals surface area contributed by atoms with Gasteiger partial charge in [-0.1, -0.05) is 23.7 Å². The van der Waals surface area contributed by atoms with Crippen molar-refractivity contribution < 1.29 is 14.8 Å². The van der Waals surface area contributed by atoms with Gasteiger partial charge in [0.1, 0.15) is 0 Å². The third-order valence-corrected chi connectivity index (χ3v) is 3.71. The zero-order valence-corrected chi connectivity index (χ0v) is 13.4. The lowest BCUT2D eigenvalue weighted by Gasteiger charge is -1.97. The van der Waals surface area contributed by atoms with Gasteiger partial charge in [-0.05, 0) is 23.8 Å². The molecule has 0 radical (unpaired) electrons. The second kappa shape index (κ2) is 6.70. The average Bonchev–Trinajstić information content (AvgIpc) is 2.88. The van der Waals surface area contributed by atoms with Crippen LogP contribution < -0.4 is 0 Å². The highest BCUT2D eigenvalue weighted by atomic mass is 35.5. The molecule has 2 aromatic carbocycles. The van der Waals surface area contributed by atoms with Crippen molar-refractivity contribution in [1.29, 1.82) is 0 Å². The van der Waals surface area contributed by atoms with E-state index in [0.717, 1.165) is 0 Å². The summed E-state index contributed by atoms with van der Waals surface area (Å²) in [5.41, 5.74) is 1.24. The predicted molar refractivity (Wildman–Crippen MR) is 91.3 cm³/mol. The van der Waals surface area contributed by atoms with Crippen LogP contribution in [0.25, 0.3) is 10.9 Å². The van der Waals surface area contributed by atoms with E-state index in [0.29, 0.717) is 21.5 Å². The quantitative estimate of drug-likeness (QED) is 0.410. The van der Waals surface area contributed by atoms with Gasteiger partial charge in [0.25, 0.3) is 11.6 Å². The predicted octanol–water partition coefficient (Wildman–Crippen LogP) is 4.29. The second-order valence-electron chi connectivity index (χ2n) is 5.21. The molecule has 3 rings (SSSR count). The van der Waals surface area contributed by atoms with Crippen LogP contribution in [-0.4, -0.2) is 20.9 Å². The summed E-state index contributed by atoms with van der Waals surface area (Å²) in [6.45, 7) is 0. The van der Waals surface area contributed by atoms with E-state index < -0.39 is 10.8 Å². The number of aromatic nitrogens is 1. The lowest BCUT2D eigenvalue weighted by atomic mass is 10.1. The van der Waals surface area contributed by atoms with Crippen LogP contribution in [-0.2, 0) is 11.2 Å². The summed E-state index contributed by atoms with van der Waals surface area (Å²) in [4.78, 5) is 24.7. The number of azo groups is 1. The van der Waals surface area contributed by atoms with E-state index >= 15 is 0 Å². The van der Waals surface area contributed by atoms with Gasteiger partial charge in [0.2, 0.25) is 5.88 Å². The Morgan fingerprint density at radius 1 is 1.24 bits per heavy atom. The Bertz CT molecular complexity index is 995. The van der Waals surface area contributed by atoms with Crippen LogP contribution in [0.5, 0.6) is 5.88 Å². The Labute approximate surface area is 145 Å². The Kier molecular flexibility index (Phi) is 4.44. The fraction of sp³-hybridized carbons (Fsp3) is 0.0625. The number of nitro benzene ring substituents is 1. The van der Waals surface area contributed by atoms with Crippen LogP contribution in [0.1, 0.15) is 5.56 Å². The highest BCUT2D eigenvalue weighted by Gasteiger charge is 2.12. The lowest BCUT2D eigenvalue weighted by molar-refractivity contribution is -0.384. The van der Waals surface area contributed by atoms with Gasteiger partial charge >= 0.3 is 0 Å². The van der Waals surface area contributed by atoms with E-state index in [4.69, 9.17) is 11.6 Å². The number of nitrogens with one attached hydrogen (secondary N) is 1. The molecule has 9 heteroatoms. The number of aromatic hydroxyl groups is 1. The minimum absolute atomic E-state index is 0.0570. The van der Waals surface area contributed by atoms with E-state index in [1.165, 1.54) is 24.3 Å². The molecule has 1 aromatic heterocycles. The number of nitrogens with zero attached hydrogens (tertiary/aromatic N) is 3. The summed E-state index contributed by atoms with van der Waals surface area (Å²) in [7, 11) is 0. The van der Waals surface area contributed by atoms with E-state index in [2.05, 4.69) is 15.2 Å². The molecular weight excluding hydrogens is 348 g/mol. The van der Waals surface area contributed by atoms with Gasteiger partial charge in [-0.15, -0.1) is 10.2 Å². The number of halogens is 1. The molecule has 1 amide bonds. The van der Waals surface area contributed by atoms with Gasteiger partial charge in [0.15, 0.2) is 5.69 Å². The van der Waals surface area contributed by atoms with Crippen molar-refractivity contribution in [3.63, 3.8) is 0 Å². The third kappa shape index (κ3) is 3.64. The van der Waals surface area contributed by atoms with Crippen LogP contribution in [0.3, 0.4) is 0 Å². The summed E-state index contributed by atoms with van der Waals surface area (Å²) < 4.78 is 0. The molecule has 0 bridgehead atoms. The van der Waals surface area contributed by atoms with Crippen molar-refractivity contribution in [3.8, 4) is 5.88 Å². The Morgan fingerprint density at radius 2 is 1.96 bits per heavy atom. The summed E-state index contributed by atoms with van der Waals surface area (Å²) in [6, 6.07) is 10.5. The number of rotatable bonds is 4. The standard InChI is InChI=1S/C16H11ClN4O4/c17-10-3-6-13-12(8-10)15(16(23)18-13)20-19-14(22)7-9-1-4-11(5-2-9)21(24)25/h1-6,8,18,23H,7H2. The second-order valence-corrected chi connectivity index (χ2v) is 5.64. The molecule has 3 aromatic rings. The van der Waals surface area contributed by atoms with Crippen molar-refractivity contribution in [2.24, 2.45) is 10.2 Å². The molecule has 0 saturated carbocycles. The summed E-state index contributed by atoms with van der Waals surface area (Å²) in [5.74, 6) is -0.770. The van der Waals surface area contributed by atoms with Crippen molar-refractivity contribution >= 4 is 39.8 Å². The number of nitro groups is 1. The number of aromatic amines is 1. The smallest absolute Gasteiger partial charge is 0.269 e. The number of hydrogen-bond acceptors (Lipinski definition) is 5. The maximum Gasteiger partial charge on any atom is 0.269 e. The van der Waals surface area contributed by atoms with Crippen LogP contribution >= 0.6 is 11.6 Å². The largest absolute Gasteiger partial charge is 0.493 e. The summed E-state index contributed by atoms with van der Waals surface area (Å²) in [6.07, 6.45) is -0.0641. The number of benzene rings is 2. The van der Waals surface area contributed by atoms with Crippen LogP contribution in [0.2, 0.25) is 5.02 Å². The number of H-pyrrole nitrogens is 1. The molecule has 0 aliphatic carbocycles. The zero-order valence-electron chi connectivity index (χ0n) is 12.6. The zero-order chi connectivity index (χ0) is 18.0. The molecular formula is C16H11ClN4O4. The highest BCUT2D eigenvalue weighted by molar-refractivity contribution is 6.31. The molecule has 0 fully saturated rings. The first-order valence-corrected chi connectivity index (χ1v) is 7.50. The van der Waals surface area contributed by atoms with Crippen molar-refractivity contribution in [1.82, 2.24) is 4.98 Å². The minimum Gasteiger partial charge on any atom is -0.493 e. The molecule has 8 nitrogen and oxygen atoms in total. The SMILES string of the molecule is O=C(Cc1ccc([N+](=O)[O-])cc1)N=Nc1c(O)[nH]c2ccc(Cl)cc12. The maximum atomic E-state index is 11.9. The summed E-state index contributed by atoms with van der Waals surface area (Å²) in [5, 5.41) is 28.9. The number of fused-ring (bicyclic) bond motifs is 1. The molecule has 0 spiro atoms. The van der Waals surface area contributed by atoms with Gasteiger partial charge in [0.05, 0.1) is 16.9 Å². The first-order chi connectivity index (χ1) is 11.9. The van der Waals surface area contributed by atoms with E-state index in [1.54, 1.807) is 18.2 Å². The molecule has 0 aliphatic heterocycles. The molecule has 1 heterocycles. The Hall–Kier alpha value is -3.26. The number of hydrogen-bond donors (Lipinski definition) is 2. The molecule has 0 aliphatic rings. The Balaban J connectivity index is 1.77. The van der Waals surface area contributed by atoms with Gasteiger partial charge < -0.3 is 10.1 Å². The monoisotopic (exact) mass is 358 g/mol. The minimum atomic E-state index is -0.551.